The van der Waals surface area contributed by atoms with E-state index in [2.05, 4.69) is 15.5 Å². The maximum absolute atomic E-state index is 11.7. The molecule has 1 amide bonds. The third-order valence-electron chi connectivity index (χ3n) is 3.38. The van der Waals surface area contributed by atoms with Gasteiger partial charge in [-0.25, -0.2) is 0 Å². The molecule has 0 unspecified atom stereocenters. The smallest absolute Gasteiger partial charge is 0.226 e. The molecule has 1 aromatic heterocycles. The van der Waals surface area contributed by atoms with Crippen LogP contribution in [0.15, 0.2) is 12.3 Å². The number of aliphatic hydroxyl groups excluding tert-OH is 1. The number of amides is 1. The Morgan fingerprint density at radius 2 is 2.24 bits per heavy atom. The van der Waals surface area contributed by atoms with E-state index in [1.807, 2.05) is 6.07 Å². The van der Waals surface area contributed by atoms with Crippen LogP contribution < -0.4 is 5.32 Å². The van der Waals surface area contributed by atoms with Gasteiger partial charge in [-0.1, -0.05) is 0 Å². The molecule has 0 aliphatic heterocycles. The third-order valence-corrected chi connectivity index (χ3v) is 3.38. The van der Waals surface area contributed by atoms with Crippen LogP contribution in [0.2, 0.25) is 0 Å². The fourth-order valence-electron chi connectivity index (χ4n) is 2.32. The van der Waals surface area contributed by atoms with Gasteiger partial charge in [0, 0.05) is 24.5 Å². The summed E-state index contributed by atoms with van der Waals surface area (Å²) in [6, 6.07) is 2.08. The van der Waals surface area contributed by atoms with Crippen LogP contribution in [-0.4, -0.2) is 33.9 Å². The molecule has 0 saturated heterocycles. The van der Waals surface area contributed by atoms with Gasteiger partial charge in [-0.05, 0) is 37.7 Å². The van der Waals surface area contributed by atoms with Crippen molar-refractivity contribution in [2.75, 3.05) is 6.61 Å². The first kappa shape index (κ1) is 12.1. The van der Waals surface area contributed by atoms with Crippen LogP contribution in [-0.2, 0) is 11.2 Å². The van der Waals surface area contributed by atoms with Gasteiger partial charge in [-0.3, -0.25) is 9.89 Å². The molecule has 0 radical (unpaired) electrons. The van der Waals surface area contributed by atoms with Gasteiger partial charge in [-0.15, -0.1) is 0 Å². The first-order valence-electron chi connectivity index (χ1n) is 6.16. The van der Waals surface area contributed by atoms with Crippen molar-refractivity contribution in [2.45, 2.75) is 38.1 Å². The van der Waals surface area contributed by atoms with E-state index in [0.717, 1.165) is 31.4 Å². The number of hydrogen-bond acceptors (Lipinski definition) is 3. The maximum atomic E-state index is 11.7. The van der Waals surface area contributed by atoms with Gasteiger partial charge >= 0.3 is 0 Å². The van der Waals surface area contributed by atoms with Crippen molar-refractivity contribution in [3.8, 4) is 0 Å². The van der Waals surface area contributed by atoms with Crippen molar-refractivity contribution in [1.82, 2.24) is 15.5 Å². The van der Waals surface area contributed by atoms with Gasteiger partial charge in [0.2, 0.25) is 5.91 Å². The SMILES string of the molecule is O=C(Cc1ccn[nH]1)NC1CCC(CO)CC1. The second kappa shape index (κ2) is 5.82. The van der Waals surface area contributed by atoms with Gasteiger partial charge in [0.05, 0.1) is 6.42 Å². The number of aliphatic hydroxyl groups is 1. The maximum Gasteiger partial charge on any atom is 0.226 e. The number of nitrogens with one attached hydrogen (secondary N) is 2. The molecule has 5 heteroatoms. The van der Waals surface area contributed by atoms with Crippen LogP contribution in [0.1, 0.15) is 31.4 Å². The first-order chi connectivity index (χ1) is 8.28. The molecule has 1 aliphatic carbocycles. The zero-order valence-corrected chi connectivity index (χ0v) is 9.85. The van der Waals surface area contributed by atoms with Crippen LogP contribution in [0.25, 0.3) is 0 Å². The van der Waals surface area contributed by atoms with E-state index in [0.29, 0.717) is 12.3 Å². The summed E-state index contributed by atoms with van der Waals surface area (Å²) in [5, 5.41) is 18.7. The molecule has 3 N–H and O–H groups in total. The Hall–Kier alpha value is -1.36. The molecule has 0 bridgehead atoms. The normalized spacial score (nSPS) is 24.5. The lowest BCUT2D eigenvalue weighted by Gasteiger charge is -2.27. The molecule has 0 spiro atoms. The monoisotopic (exact) mass is 237 g/mol. The predicted molar refractivity (Wildman–Crippen MR) is 63.3 cm³/mol. The lowest BCUT2D eigenvalue weighted by molar-refractivity contribution is -0.121. The third kappa shape index (κ3) is 3.56. The van der Waals surface area contributed by atoms with E-state index in [1.54, 1.807) is 6.20 Å². The highest BCUT2D eigenvalue weighted by atomic mass is 16.3. The minimum atomic E-state index is 0.0432. The van der Waals surface area contributed by atoms with Crippen molar-refractivity contribution in [2.24, 2.45) is 5.92 Å². The molecule has 17 heavy (non-hydrogen) atoms. The number of carbonyl (C=O) groups excluding carboxylic acids is 1. The van der Waals surface area contributed by atoms with Crippen molar-refractivity contribution < 1.29 is 9.90 Å². The standard InChI is InChI=1S/C12H19N3O2/c16-8-9-1-3-10(4-2-9)14-12(17)7-11-5-6-13-15-11/h5-6,9-10,16H,1-4,7-8H2,(H,13,15)(H,14,17). The van der Waals surface area contributed by atoms with Crippen molar-refractivity contribution in [3.63, 3.8) is 0 Å². The van der Waals surface area contributed by atoms with Crippen LogP contribution in [0, 0.1) is 5.92 Å². The van der Waals surface area contributed by atoms with Crippen molar-refractivity contribution in [1.29, 1.82) is 0 Å². The minimum Gasteiger partial charge on any atom is -0.396 e. The lowest BCUT2D eigenvalue weighted by atomic mass is 9.86. The summed E-state index contributed by atoms with van der Waals surface area (Å²) in [7, 11) is 0. The van der Waals surface area contributed by atoms with Crippen molar-refractivity contribution >= 4 is 5.91 Å². The molecule has 1 saturated carbocycles. The molecular formula is C12H19N3O2. The number of aromatic amines is 1. The highest BCUT2D eigenvalue weighted by Gasteiger charge is 2.21. The highest BCUT2D eigenvalue weighted by Crippen LogP contribution is 2.23. The van der Waals surface area contributed by atoms with Gasteiger partial charge in [0.15, 0.2) is 0 Å². The average molecular weight is 237 g/mol. The molecule has 0 aromatic carbocycles. The molecule has 94 valence electrons. The fraction of sp³-hybridized carbons (Fsp3) is 0.667. The van der Waals surface area contributed by atoms with Gasteiger partial charge < -0.3 is 10.4 Å². The molecule has 2 rings (SSSR count). The molecule has 0 atom stereocenters. The van der Waals surface area contributed by atoms with E-state index in [1.165, 1.54) is 0 Å². The summed E-state index contributed by atoms with van der Waals surface area (Å²) in [5.74, 6) is 0.470. The second-order valence-electron chi connectivity index (χ2n) is 4.73. The topological polar surface area (TPSA) is 78.0 Å². The Kier molecular flexibility index (Phi) is 4.14. The summed E-state index contributed by atoms with van der Waals surface area (Å²) >= 11 is 0. The Bertz CT molecular complexity index is 343. The minimum absolute atomic E-state index is 0.0432. The van der Waals surface area contributed by atoms with Crippen LogP contribution in [0.5, 0.6) is 0 Å². The van der Waals surface area contributed by atoms with Gasteiger partial charge in [0.25, 0.3) is 0 Å². The van der Waals surface area contributed by atoms with Gasteiger partial charge in [-0.2, -0.15) is 5.10 Å². The average Bonchev–Trinajstić information content (AvgIpc) is 2.82. The molecule has 1 fully saturated rings. The van der Waals surface area contributed by atoms with Crippen LogP contribution in [0.3, 0.4) is 0 Å². The van der Waals surface area contributed by atoms with E-state index < -0.39 is 0 Å². The number of H-pyrrole nitrogens is 1. The zero-order chi connectivity index (χ0) is 12.1. The number of hydrogen-bond donors (Lipinski definition) is 3. The molecule has 1 aliphatic rings. The Morgan fingerprint density at radius 1 is 1.47 bits per heavy atom. The van der Waals surface area contributed by atoms with E-state index in [-0.39, 0.29) is 18.6 Å². The fourth-order valence-corrected chi connectivity index (χ4v) is 2.32. The molecule has 1 heterocycles. The van der Waals surface area contributed by atoms with Crippen molar-refractivity contribution in [3.05, 3.63) is 18.0 Å². The number of carbonyl (C=O) groups is 1. The molecule has 1 aromatic rings. The molecule has 5 nitrogen and oxygen atoms in total. The number of rotatable bonds is 4. The van der Waals surface area contributed by atoms with Crippen LogP contribution >= 0.6 is 0 Å². The van der Waals surface area contributed by atoms with E-state index >= 15 is 0 Å². The summed E-state index contributed by atoms with van der Waals surface area (Å²) in [4.78, 5) is 11.7. The lowest BCUT2D eigenvalue weighted by Crippen LogP contribution is -2.38. The van der Waals surface area contributed by atoms with Gasteiger partial charge in [0.1, 0.15) is 0 Å². The predicted octanol–water partition coefficient (Wildman–Crippen LogP) is 0.619. The highest BCUT2D eigenvalue weighted by molar-refractivity contribution is 5.78. The number of aromatic nitrogens is 2. The summed E-state index contributed by atoms with van der Waals surface area (Å²) in [6.45, 7) is 0.273. The van der Waals surface area contributed by atoms with Crippen LogP contribution in [0.4, 0.5) is 0 Å². The summed E-state index contributed by atoms with van der Waals surface area (Å²) in [6.07, 6.45) is 5.96. The van der Waals surface area contributed by atoms with E-state index in [9.17, 15) is 4.79 Å². The Balaban J connectivity index is 1.72. The Labute approximate surface area is 101 Å². The molecular weight excluding hydrogens is 218 g/mol. The quantitative estimate of drug-likeness (QED) is 0.718. The first-order valence-corrected chi connectivity index (χ1v) is 6.16. The largest absolute Gasteiger partial charge is 0.396 e. The number of nitrogens with zero attached hydrogens (tertiary/aromatic N) is 1. The Morgan fingerprint density at radius 3 is 2.82 bits per heavy atom. The summed E-state index contributed by atoms with van der Waals surface area (Å²) < 4.78 is 0. The summed E-state index contributed by atoms with van der Waals surface area (Å²) in [5.41, 5.74) is 0.839. The van der Waals surface area contributed by atoms with E-state index in [4.69, 9.17) is 5.11 Å². The second-order valence-corrected chi connectivity index (χ2v) is 4.73. The zero-order valence-electron chi connectivity index (χ0n) is 9.85.